The summed E-state index contributed by atoms with van der Waals surface area (Å²) in [5, 5.41) is 6.86. The molecule has 1 aromatic rings. The molecule has 0 amide bonds. The molecule has 0 saturated heterocycles. The average molecular weight is 138 g/mol. The van der Waals surface area contributed by atoms with Gasteiger partial charge in [0.25, 0.3) is 0 Å². The Hall–Kier alpha value is -1.16. The number of nitrogens with one attached hydrogen (secondary N) is 1. The summed E-state index contributed by atoms with van der Waals surface area (Å²) in [6.07, 6.45) is 6.97. The molecule has 0 saturated carbocycles. The lowest BCUT2D eigenvalue weighted by atomic mass is 10.6. The van der Waals surface area contributed by atoms with E-state index in [-0.39, 0.29) is 0 Å². The van der Waals surface area contributed by atoms with E-state index >= 15 is 0 Å². The highest BCUT2D eigenvalue weighted by Gasteiger charge is 1.79. The van der Waals surface area contributed by atoms with Gasteiger partial charge in [0, 0.05) is 12.7 Å². The van der Waals surface area contributed by atoms with Crippen molar-refractivity contribution >= 4 is 6.20 Å². The van der Waals surface area contributed by atoms with Crippen molar-refractivity contribution in [2.45, 2.75) is 0 Å². The smallest absolute Gasteiger partial charge is 0.138 e. The number of hydrogen-bond donors (Lipinski definition) is 1. The minimum absolute atomic E-state index is 0.847. The van der Waals surface area contributed by atoms with Crippen LogP contribution in [0.1, 0.15) is 0 Å². The maximum absolute atomic E-state index is 3.88. The Morgan fingerprint density at radius 1 is 1.70 bits per heavy atom. The maximum atomic E-state index is 3.88. The molecule has 1 heterocycles. The van der Waals surface area contributed by atoms with Crippen LogP contribution >= 0.6 is 0 Å². The second-order valence-corrected chi connectivity index (χ2v) is 1.82. The van der Waals surface area contributed by atoms with Crippen molar-refractivity contribution in [1.29, 1.82) is 0 Å². The summed E-state index contributed by atoms with van der Waals surface area (Å²) >= 11 is 0. The zero-order chi connectivity index (χ0) is 7.23. The van der Waals surface area contributed by atoms with E-state index in [9.17, 15) is 0 Å². The first-order valence-corrected chi connectivity index (χ1v) is 3.09. The van der Waals surface area contributed by atoms with Gasteiger partial charge in [-0.3, -0.25) is 0 Å². The van der Waals surface area contributed by atoms with Crippen LogP contribution in [0.5, 0.6) is 0 Å². The van der Waals surface area contributed by atoms with Crippen LogP contribution in [0.4, 0.5) is 0 Å². The van der Waals surface area contributed by atoms with Gasteiger partial charge in [-0.15, -0.1) is 0 Å². The van der Waals surface area contributed by atoms with E-state index in [1.165, 1.54) is 6.33 Å². The second-order valence-electron chi connectivity index (χ2n) is 1.82. The van der Waals surface area contributed by atoms with Crippen LogP contribution < -0.4 is 5.32 Å². The molecule has 0 fully saturated rings. The largest absolute Gasteiger partial charge is 0.316 e. The Labute approximate surface area is 59.6 Å². The average Bonchev–Trinajstić information content (AvgIpc) is 2.41. The molecule has 0 spiro atoms. The van der Waals surface area contributed by atoms with Gasteiger partial charge in [0.1, 0.15) is 12.7 Å². The van der Waals surface area contributed by atoms with Gasteiger partial charge < -0.3 is 5.32 Å². The first kappa shape index (κ1) is 6.95. The minimum atomic E-state index is 0.847. The summed E-state index contributed by atoms with van der Waals surface area (Å²) < 4.78 is 1.65. The summed E-state index contributed by atoms with van der Waals surface area (Å²) in [5.41, 5.74) is 0. The third kappa shape index (κ3) is 1.99. The highest BCUT2D eigenvalue weighted by Crippen LogP contribution is 1.79. The van der Waals surface area contributed by atoms with Crippen molar-refractivity contribution in [3.63, 3.8) is 0 Å². The fourth-order valence-electron chi connectivity index (χ4n) is 0.573. The van der Waals surface area contributed by atoms with Gasteiger partial charge >= 0.3 is 0 Å². The lowest BCUT2D eigenvalue weighted by molar-refractivity contribution is 0.897. The first-order chi connectivity index (χ1) is 4.93. The summed E-state index contributed by atoms with van der Waals surface area (Å²) in [7, 11) is 1.89. The Morgan fingerprint density at radius 2 is 2.60 bits per heavy atom. The SMILES string of the molecule is CNC/C=C\n1cncn1. The lowest BCUT2D eigenvalue weighted by Crippen LogP contribution is -2.04. The van der Waals surface area contributed by atoms with E-state index < -0.39 is 0 Å². The minimum Gasteiger partial charge on any atom is -0.316 e. The predicted molar refractivity (Wildman–Crippen MR) is 39.3 cm³/mol. The van der Waals surface area contributed by atoms with Gasteiger partial charge in [-0.25, -0.2) is 9.67 Å². The number of nitrogens with zero attached hydrogens (tertiary/aromatic N) is 3. The number of aromatic nitrogens is 3. The van der Waals surface area contributed by atoms with Crippen LogP contribution in [0.2, 0.25) is 0 Å². The fraction of sp³-hybridized carbons (Fsp3) is 0.333. The zero-order valence-electron chi connectivity index (χ0n) is 5.86. The van der Waals surface area contributed by atoms with Crippen molar-refractivity contribution in [2.75, 3.05) is 13.6 Å². The Balaban J connectivity index is 2.40. The maximum Gasteiger partial charge on any atom is 0.138 e. The predicted octanol–water partition coefficient (Wildman–Crippen LogP) is -0.0318. The molecule has 0 radical (unpaired) electrons. The fourth-order valence-corrected chi connectivity index (χ4v) is 0.573. The summed E-state index contributed by atoms with van der Waals surface area (Å²) in [6, 6.07) is 0. The highest BCUT2D eigenvalue weighted by molar-refractivity contribution is 5.18. The third-order valence-electron chi connectivity index (χ3n) is 1.02. The number of rotatable bonds is 3. The van der Waals surface area contributed by atoms with Gasteiger partial charge in [0.05, 0.1) is 0 Å². The normalized spacial score (nSPS) is 10.9. The van der Waals surface area contributed by atoms with Crippen molar-refractivity contribution in [3.05, 3.63) is 18.7 Å². The van der Waals surface area contributed by atoms with Crippen molar-refractivity contribution in [2.24, 2.45) is 0 Å². The topological polar surface area (TPSA) is 42.7 Å². The third-order valence-corrected chi connectivity index (χ3v) is 1.02. The number of hydrogen-bond acceptors (Lipinski definition) is 3. The van der Waals surface area contributed by atoms with Crippen LogP contribution in [0.3, 0.4) is 0 Å². The molecule has 1 aromatic heterocycles. The standard InChI is InChI=1S/C6H10N4/c1-7-3-2-4-10-6-8-5-9-10/h2,4-7H,3H2,1H3/b4-2-. The zero-order valence-corrected chi connectivity index (χ0v) is 5.86. The molecule has 0 atom stereocenters. The van der Waals surface area contributed by atoms with E-state index in [1.54, 1.807) is 11.0 Å². The highest BCUT2D eigenvalue weighted by atomic mass is 15.3. The quantitative estimate of drug-likeness (QED) is 0.637. The second kappa shape index (κ2) is 3.79. The molecule has 10 heavy (non-hydrogen) atoms. The number of likely N-dealkylation sites (N-methyl/N-ethyl adjacent to an activating group) is 1. The Kier molecular flexibility index (Phi) is 2.63. The molecule has 0 aliphatic heterocycles. The van der Waals surface area contributed by atoms with Crippen LogP contribution in [-0.2, 0) is 0 Å². The van der Waals surface area contributed by atoms with Gasteiger partial charge in [-0.2, -0.15) is 5.10 Å². The Bertz CT molecular complexity index is 190. The van der Waals surface area contributed by atoms with E-state index in [0.717, 1.165) is 6.54 Å². The van der Waals surface area contributed by atoms with Crippen molar-refractivity contribution in [3.8, 4) is 0 Å². The van der Waals surface area contributed by atoms with Crippen LogP contribution in [0, 0.1) is 0 Å². The van der Waals surface area contributed by atoms with Gasteiger partial charge in [0.2, 0.25) is 0 Å². The van der Waals surface area contributed by atoms with Gasteiger partial charge in [-0.05, 0) is 7.05 Å². The van der Waals surface area contributed by atoms with Gasteiger partial charge in [-0.1, -0.05) is 6.08 Å². The van der Waals surface area contributed by atoms with Crippen molar-refractivity contribution < 1.29 is 0 Å². The molecule has 54 valence electrons. The molecule has 1 rings (SSSR count). The molecule has 4 heteroatoms. The van der Waals surface area contributed by atoms with E-state index in [0.29, 0.717) is 0 Å². The molecule has 0 aliphatic rings. The van der Waals surface area contributed by atoms with E-state index in [1.807, 2.05) is 19.3 Å². The van der Waals surface area contributed by atoms with Gasteiger partial charge in [0.15, 0.2) is 0 Å². The summed E-state index contributed by atoms with van der Waals surface area (Å²) in [4.78, 5) is 3.78. The molecule has 0 aromatic carbocycles. The molecule has 0 bridgehead atoms. The van der Waals surface area contributed by atoms with Crippen molar-refractivity contribution in [1.82, 2.24) is 20.1 Å². The lowest BCUT2D eigenvalue weighted by Gasteiger charge is -1.88. The van der Waals surface area contributed by atoms with Crippen LogP contribution in [-0.4, -0.2) is 28.4 Å². The molecular formula is C6H10N4. The Morgan fingerprint density at radius 3 is 3.20 bits per heavy atom. The van der Waals surface area contributed by atoms with E-state index in [2.05, 4.69) is 15.4 Å². The summed E-state index contributed by atoms with van der Waals surface area (Å²) in [5.74, 6) is 0. The van der Waals surface area contributed by atoms with Crippen LogP contribution in [0.15, 0.2) is 18.7 Å². The molecule has 0 unspecified atom stereocenters. The van der Waals surface area contributed by atoms with Crippen LogP contribution in [0.25, 0.3) is 6.20 Å². The molecular weight excluding hydrogens is 128 g/mol. The van der Waals surface area contributed by atoms with E-state index in [4.69, 9.17) is 0 Å². The monoisotopic (exact) mass is 138 g/mol. The molecule has 1 N–H and O–H groups in total. The molecule has 0 aliphatic carbocycles. The molecule has 4 nitrogen and oxygen atoms in total. The first-order valence-electron chi connectivity index (χ1n) is 3.09. The summed E-state index contributed by atoms with van der Waals surface area (Å²) in [6.45, 7) is 0.847.